The third-order valence-corrected chi connectivity index (χ3v) is 2.33. The molecule has 1 rings (SSSR count). The second kappa shape index (κ2) is 6.91. The SMILES string of the molecule is CC(C)CC(CN)NC(=O)C=Cc1ccco1. The molecule has 1 heterocycles. The lowest BCUT2D eigenvalue weighted by Crippen LogP contribution is -2.40. The smallest absolute Gasteiger partial charge is 0.244 e. The fourth-order valence-electron chi connectivity index (χ4n) is 1.58. The van der Waals surface area contributed by atoms with E-state index in [0.29, 0.717) is 18.2 Å². The van der Waals surface area contributed by atoms with Crippen molar-refractivity contribution < 1.29 is 9.21 Å². The highest BCUT2D eigenvalue weighted by molar-refractivity contribution is 5.91. The molecule has 4 nitrogen and oxygen atoms in total. The van der Waals surface area contributed by atoms with Crippen LogP contribution in [0.5, 0.6) is 0 Å². The van der Waals surface area contributed by atoms with Crippen molar-refractivity contribution in [1.82, 2.24) is 5.32 Å². The zero-order chi connectivity index (χ0) is 12.7. The number of hydrogen-bond acceptors (Lipinski definition) is 3. The molecule has 0 aliphatic rings. The van der Waals surface area contributed by atoms with Gasteiger partial charge in [-0.2, -0.15) is 0 Å². The Kier molecular flexibility index (Phi) is 5.49. The van der Waals surface area contributed by atoms with Gasteiger partial charge in [-0.05, 0) is 30.5 Å². The molecule has 1 aromatic rings. The van der Waals surface area contributed by atoms with Crippen molar-refractivity contribution in [3.8, 4) is 0 Å². The van der Waals surface area contributed by atoms with Gasteiger partial charge in [0.1, 0.15) is 5.76 Å². The summed E-state index contributed by atoms with van der Waals surface area (Å²) in [5.74, 6) is 1.03. The van der Waals surface area contributed by atoms with Gasteiger partial charge in [-0.3, -0.25) is 4.79 Å². The fourth-order valence-corrected chi connectivity index (χ4v) is 1.58. The van der Waals surface area contributed by atoms with Crippen LogP contribution in [0.15, 0.2) is 28.9 Å². The number of nitrogens with two attached hydrogens (primary N) is 1. The highest BCUT2D eigenvalue weighted by Gasteiger charge is 2.10. The van der Waals surface area contributed by atoms with Crippen molar-refractivity contribution in [2.24, 2.45) is 11.7 Å². The van der Waals surface area contributed by atoms with E-state index in [1.165, 1.54) is 6.08 Å². The zero-order valence-electron chi connectivity index (χ0n) is 10.3. The summed E-state index contributed by atoms with van der Waals surface area (Å²) in [6.07, 6.45) is 5.55. The summed E-state index contributed by atoms with van der Waals surface area (Å²) in [4.78, 5) is 11.6. The van der Waals surface area contributed by atoms with Gasteiger partial charge >= 0.3 is 0 Å². The normalized spacial score (nSPS) is 13.2. The number of amides is 1. The van der Waals surface area contributed by atoms with E-state index in [1.54, 1.807) is 24.5 Å². The number of furan rings is 1. The largest absolute Gasteiger partial charge is 0.465 e. The van der Waals surface area contributed by atoms with Gasteiger partial charge in [0.05, 0.1) is 6.26 Å². The molecule has 17 heavy (non-hydrogen) atoms. The van der Waals surface area contributed by atoms with E-state index >= 15 is 0 Å². The number of nitrogens with one attached hydrogen (secondary N) is 1. The van der Waals surface area contributed by atoms with Gasteiger partial charge in [0.25, 0.3) is 0 Å². The molecule has 0 radical (unpaired) electrons. The van der Waals surface area contributed by atoms with Gasteiger partial charge in [0, 0.05) is 18.7 Å². The molecule has 4 heteroatoms. The van der Waals surface area contributed by atoms with Gasteiger partial charge in [-0.15, -0.1) is 0 Å². The highest BCUT2D eigenvalue weighted by atomic mass is 16.3. The van der Waals surface area contributed by atoms with Crippen LogP contribution in [0.3, 0.4) is 0 Å². The number of carbonyl (C=O) groups is 1. The second-order valence-electron chi connectivity index (χ2n) is 4.42. The van der Waals surface area contributed by atoms with E-state index in [1.807, 2.05) is 0 Å². The van der Waals surface area contributed by atoms with E-state index in [9.17, 15) is 4.79 Å². The first-order chi connectivity index (χ1) is 8.11. The Balaban J connectivity index is 2.42. The molecule has 0 fully saturated rings. The summed E-state index contributed by atoms with van der Waals surface area (Å²) in [6, 6.07) is 3.60. The lowest BCUT2D eigenvalue weighted by molar-refractivity contribution is -0.117. The van der Waals surface area contributed by atoms with Crippen molar-refractivity contribution in [2.75, 3.05) is 6.54 Å². The fraction of sp³-hybridized carbons (Fsp3) is 0.462. The maximum atomic E-state index is 11.6. The van der Waals surface area contributed by atoms with Gasteiger partial charge < -0.3 is 15.5 Å². The van der Waals surface area contributed by atoms with Gasteiger partial charge in [-0.25, -0.2) is 0 Å². The average Bonchev–Trinajstić information content (AvgIpc) is 2.77. The standard InChI is InChI=1S/C13H20N2O2/c1-10(2)8-11(9-14)15-13(16)6-5-12-4-3-7-17-12/h3-7,10-11H,8-9,14H2,1-2H3,(H,15,16). The molecule has 1 amide bonds. The maximum Gasteiger partial charge on any atom is 0.244 e. The minimum Gasteiger partial charge on any atom is -0.465 e. The molecule has 0 aliphatic carbocycles. The monoisotopic (exact) mass is 236 g/mol. The van der Waals surface area contributed by atoms with Crippen LogP contribution in [0.25, 0.3) is 6.08 Å². The average molecular weight is 236 g/mol. The molecule has 0 saturated carbocycles. The molecule has 1 atom stereocenters. The molecule has 0 bridgehead atoms. The molecule has 3 N–H and O–H groups in total. The van der Waals surface area contributed by atoms with Crippen molar-refractivity contribution in [1.29, 1.82) is 0 Å². The first kappa shape index (κ1) is 13.5. The molecular formula is C13H20N2O2. The van der Waals surface area contributed by atoms with Gasteiger partial charge in [0.2, 0.25) is 5.91 Å². The molecular weight excluding hydrogens is 216 g/mol. The van der Waals surface area contributed by atoms with Crippen molar-refractivity contribution in [2.45, 2.75) is 26.3 Å². The third kappa shape index (κ3) is 5.36. The first-order valence-electron chi connectivity index (χ1n) is 5.84. The van der Waals surface area contributed by atoms with Crippen LogP contribution < -0.4 is 11.1 Å². The maximum absolute atomic E-state index is 11.6. The summed E-state index contributed by atoms with van der Waals surface area (Å²) in [7, 11) is 0. The summed E-state index contributed by atoms with van der Waals surface area (Å²) in [5.41, 5.74) is 5.60. The summed E-state index contributed by atoms with van der Waals surface area (Å²) in [6.45, 7) is 4.67. The Labute approximate surface area is 102 Å². The molecule has 0 spiro atoms. The van der Waals surface area contributed by atoms with Crippen LogP contribution in [-0.4, -0.2) is 18.5 Å². The quantitative estimate of drug-likeness (QED) is 0.740. The molecule has 94 valence electrons. The predicted octanol–water partition coefficient (Wildman–Crippen LogP) is 1.78. The van der Waals surface area contributed by atoms with E-state index in [4.69, 9.17) is 10.2 Å². The molecule has 1 aromatic heterocycles. The predicted molar refractivity (Wildman–Crippen MR) is 68.2 cm³/mol. The molecule has 0 aromatic carbocycles. The van der Waals surface area contributed by atoms with Crippen molar-refractivity contribution >= 4 is 12.0 Å². The first-order valence-corrected chi connectivity index (χ1v) is 5.84. The Morgan fingerprint density at radius 3 is 2.88 bits per heavy atom. The van der Waals surface area contributed by atoms with E-state index in [0.717, 1.165) is 6.42 Å². The second-order valence-corrected chi connectivity index (χ2v) is 4.42. The van der Waals surface area contributed by atoms with E-state index in [-0.39, 0.29) is 11.9 Å². The minimum absolute atomic E-state index is 0.0313. The Morgan fingerprint density at radius 2 is 2.35 bits per heavy atom. The summed E-state index contributed by atoms with van der Waals surface area (Å²) >= 11 is 0. The van der Waals surface area contributed by atoms with Crippen LogP contribution in [-0.2, 0) is 4.79 Å². The topological polar surface area (TPSA) is 68.3 Å². The lowest BCUT2D eigenvalue weighted by atomic mass is 10.0. The van der Waals surface area contributed by atoms with Gasteiger partial charge in [0.15, 0.2) is 0 Å². The minimum atomic E-state index is -0.141. The van der Waals surface area contributed by atoms with Crippen molar-refractivity contribution in [3.63, 3.8) is 0 Å². The lowest BCUT2D eigenvalue weighted by Gasteiger charge is -2.17. The molecule has 0 aliphatic heterocycles. The van der Waals surface area contributed by atoms with Crippen LogP contribution in [0.4, 0.5) is 0 Å². The zero-order valence-corrected chi connectivity index (χ0v) is 10.3. The Morgan fingerprint density at radius 1 is 1.59 bits per heavy atom. The van der Waals surface area contributed by atoms with E-state index < -0.39 is 0 Å². The number of carbonyl (C=O) groups excluding carboxylic acids is 1. The number of rotatable bonds is 6. The van der Waals surface area contributed by atoms with Gasteiger partial charge in [-0.1, -0.05) is 13.8 Å². The van der Waals surface area contributed by atoms with Crippen LogP contribution in [0, 0.1) is 5.92 Å². The Hall–Kier alpha value is -1.55. The summed E-state index contributed by atoms with van der Waals surface area (Å²) in [5, 5.41) is 2.87. The van der Waals surface area contributed by atoms with E-state index in [2.05, 4.69) is 19.2 Å². The molecule has 0 saturated heterocycles. The van der Waals surface area contributed by atoms with Crippen LogP contribution in [0.2, 0.25) is 0 Å². The highest BCUT2D eigenvalue weighted by Crippen LogP contribution is 2.04. The number of hydrogen-bond donors (Lipinski definition) is 2. The van der Waals surface area contributed by atoms with Crippen molar-refractivity contribution in [3.05, 3.63) is 30.2 Å². The van der Waals surface area contributed by atoms with Crippen LogP contribution >= 0.6 is 0 Å². The molecule has 1 unspecified atom stereocenters. The third-order valence-electron chi connectivity index (χ3n) is 2.33. The Bertz CT molecular complexity index is 356. The van der Waals surface area contributed by atoms with Crippen LogP contribution in [0.1, 0.15) is 26.0 Å². The summed E-state index contributed by atoms with van der Waals surface area (Å²) < 4.78 is 5.09.